The molecule has 0 saturated carbocycles. The van der Waals surface area contributed by atoms with Crippen molar-refractivity contribution in [1.29, 1.82) is 0 Å². The molecular formula is C16H21NO3S. The van der Waals surface area contributed by atoms with Crippen molar-refractivity contribution in [3.05, 3.63) is 29.8 Å². The molecule has 0 amide bonds. The summed E-state index contributed by atoms with van der Waals surface area (Å²) in [6, 6.07) is 6.87. The van der Waals surface area contributed by atoms with Gasteiger partial charge in [0.25, 0.3) is 0 Å². The minimum absolute atomic E-state index is 0.0353. The largest absolute Gasteiger partial charge is 0.459 e. The summed E-state index contributed by atoms with van der Waals surface area (Å²) >= 11 is 1.98. The molecule has 0 radical (unpaired) electrons. The van der Waals surface area contributed by atoms with E-state index in [1.807, 2.05) is 11.8 Å². The summed E-state index contributed by atoms with van der Waals surface area (Å²) in [4.78, 5) is 12.2. The molecule has 2 saturated heterocycles. The number of carbonyl (C=O) groups is 1. The molecule has 114 valence electrons. The molecular weight excluding hydrogens is 286 g/mol. The molecule has 1 aromatic rings. The molecule has 1 unspecified atom stereocenters. The number of anilines is 1. The summed E-state index contributed by atoms with van der Waals surface area (Å²) in [5, 5.41) is 0. The third-order valence-electron chi connectivity index (χ3n) is 4.27. The van der Waals surface area contributed by atoms with Crippen molar-refractivity contribution in [2.75, 3.05) is 23.8 Å². The lowest BCUT2D eigenvalue weighted by Crippen LogP contribution is -2.45. The molecule has 2 heterocycles. The van der Waals surface area contributed by atoms with Gasteiger partial charge in [0.1, 0.15) is 6.10 Å². The van der Waals surface area contributed by atoms with Crippen LogP contribution >= 0.6 is 11.8 Å². The van der Waals surface area contributed by atoms with E-state index in [-0.39, 0.29) is 17.7 Å². The number of hydrogen-bond donors (Lipinski definition) is 1. The summed E-state index contributed by atoms with van der Waals surface area (Å²) in [7, 11) is 0. The van der Waals surface area contributed by atoms with E-state index in [0.29, 0.717) is 17.9 Å². The van der Waals surface area contributed by atoms with Gasteiger partial charge in [0.05, 0.1) is 17.8 Å². The zero-order valence-corrected chi connectivity index (χ0v) is 12.9. The summed E-state index contributed by atoms with van der Waals surface area (Å²) in [5.74, 6) is 2.01. The molecule has 0 aromatic heterocycles. The molecule has 1 spiro atoms. The van der Waals surface area contributed by atoms with E-state index in [4.69, 9.17) is 15.2 Å². The smallest absolute Gasteiger partial charge is 0.338 e. The number of carbonyl (C=O) groups excluding carboxylic acids is 1. The Labute approximate surface area is 129 Å². The molecule has 2 fully saturated rings. The van der Waals surface area contributed by atoms with Crippen LogP contribution in [0, 0.1) is 0 Å². The molecule has 1 atom stereocenters. The minimum Gasteiger partial charge on any atom is -0.459 e. The van der Waals surface area contributed by atoms with E-state index in [1.165, 1.54) is 0 Å². The quantitative estimate of drug-likeness (QED) is 0.672. The van der Waals surface area contributed by atoms with Gasteiger partial charge in [-0.05, 0) is 48.6 Å². The van der Waals surface area contributed by atoms with Gasteiger partial charge in [-0.3, -0.25) is 0 Å². The Bertz CT molecular complexity index is 491. The SMILES string of the molecule is Nc1ccc(C(=O)OC2CCOC3(CCSCC3)C2)cc1. The Morgan fingerprint density at radius 2 is 2.00 bits per heavy atom. The number of esters is 1. The number of nitrogen functional groups attached to an aromatic ring is 1. The molecule has 5 heteroatoms. The fourth-order valence-electron chi connectivity index (χ4n) is 3.01. The summed E-state index contributed by atoms with van der Waals surface area (Å²) in [5.41, 5.74) is 6.78. The second-order valence-corrected chi connectivity index (χ2v) is 7.01. The van der Waals surface area contributed by atoms with Gasteiger partial charge in [-0.15, -0.1) is 0 Å². The van der Waals surface area contributed by atoms with Crippen LogP contribution in [0.1, 0.15) is 36.0 Å². The lowest BCUT2D eigenvalue weighted by atomic mass is 9.86. The number of benzene rings is 1. The van der Waals surface area contributed by atoms with Gasteiger partial charge in [-0.2, -0.15) is 11.8 Å². The topological polar surface area (TPSA) is 61.6 Å². The van der Waals surface area contributed by atoms with Crippen LogP contribution in [-0.2, 0) is 9.47 Å². The molecule has 0 bridgehead atoms. The molecule has 2 N–H and O–H groups in total. The molecule has 21 heavy (non-hydrogen) atoms. The van der Waals surface area contributed by atoms with Gasteiger partial charge in [-0.25, -0.2) is 4.79 Å². The van der Waals surface area contributed by atoms with Crippen LogP contribution in [0.25, 0.3) is 0 Å². The maximum atomic E-state index is 12.2. The van der Waals surface area contributed by atoms with Crippen LogP contribution in [0.4, 0.5) is 5.69 Å². The average molecular weight is 307 g/mol. The first-order valence-corrected chi connectivity index (χ1v) is 8.61. The van der Waals surface area contributed by atoms with Crippen molar-refractivity contribution in [3.8, 4) is 0 Å². The maximum Gasteiger partial charge on any atom is 0.338 e. The Morgan fingerprint density at radius 3 is 2.71 bits per heavy atom. The number of rotatable bonds is 2. The lowest BCUT2D eigenvalue weighted by molar-refractivity contribution is -0.124. The molecule has 4 nitrogen and oxygen atoms in total. The van der Waals surface area contributed by atoms with Crippen LogP contribution in [0.15, 0.2) is 24.3 Å². The zero-order valence-electron chi connectivity index (χ0n) is 12.0. The monoisotopic (exact) mass is 307 g/mol. The van der Waals surface area contributed by atoms with E-state index in [2.05, 4.69) is 0 Å². The first kappa shape index (κ1) is 14.7. The molecule has 3 rings (SSSR count). The maximum absolute atomic E-state index is 12.2. The standard InChI is InChI=1S/C16H21NO3S/c17-13-3-1-12(2-4-13)15(18)20-14-5-8-19-16(11-14)6-9-21-10-7-16/h1-4,14H,5-11,17H2. The van der Waals surface area contributed by atoms with E-state index >= 15 is 0 Å². The van der Waals surface area contributed by atoms with Crippen molar-refractivity contribution in [1.82, 2.24) is 0 Å². The van der Waals surface area contributed by atoms with Crippen molar-refractivity contribution in [2.45, 2.75) is 37.4 Å². The second-order valence-electron chi connectivity index (χ2n) is 5.79. The van der Waals surface area contributed by atoms with E-state index in [9.17, 15) is 4.79 Å². The predicted molar refractivity (Wildman–Crippen MR) is 84.5 cm³/mol. The third kappa shape index (κ3) is 3.52. The second kappa shape index (κ2) is 6.28. The summed E-state index contributed by atoms with van der Waals surface area (Å²) < 4.78 is 11.7. The van der Waals surface area contributed by atoms with Gasteiger partial charge in [0.2, 0.25) is 0 Å². The fraction of sp³-hybridized carbons (Fsp3) is 0.562. The average Bonchev–Trinajstić information content (AvgIpc) is 2.49. The first-order chi connectivity index (χ1) is 10.2. The van der Waals surface area contributed by atoms with Crippen LogP contribution in [0.2, 0.25) is 0 Å². The normalized spacial score (nSPS) is 24.7. The van der Waals surface area contributed by atoms with Crippen LogP contribution in [0.3, 0.4) is 0 Å². The number of hydrogen-bond acceptors (Lipinski definition) is 5. The first-order valence-electron chi connectivity index (χ1n) is 7.45. The van der Waals surface area contributed by atoms with Gasteiger partial charge >= 0.3 is 5.97 Å². The highest BCUT2D eigenvalue weighted by atomic mass is 32.2. The third-order valence-corrected chi connectivity index (χ3v) is 5.26. The van der Waals surface area contributed by atoms with Crippen LogP contribution in [-0.4, -0.2) is 35.8 Å². The molecule has 2 aliphatic rings. The van der Waals surface area contributed by atoms with E-state index in [1.54, 1.807) is 24.3 Å². The zero-order chi connectivity index (χ0) is 14.7. The highest BCUT2D eigenvalue weighted by molar-refractivity contribution is 7.99. The van der Waals surface area contributed by atoms with Gasteiger partial charge in [0.15, 0.2) is 0 Å². The lowest BCUT2D eigenvalue weighted by Gasteiger charge is -2.42. The highest BCUT2D eigenvalue weighted by Gasteiger charge is 2.40. The molecule has 2 aliphatic heterocycles. The summed E-state index contributed by atoms with van der Waals surface area (Å²) in [6.07, 6.45) is 3.71. The van der Waals surface area contributed by atoms with E-state index in [0.717, 1.165) is 37.2 Å². The van der Waals surface area contributed by atoms with Crippen molar-refractivity contribution < 1.29 is 14.3 Å². The Morgan fingerprint density at radius 1 is 1.29 bits per heavy atom. The van der Waals surface area contributed by atoms with Crippen molar-refractivity contribution in [3.63, 3.8) is 0 Å². The number of thioether (sulfide) groups is 1. The Balaban J connectivity index is 1.61. The van der Waals surface area contributed by atoms with Gasteiger partial charge in [-0.1, -0.05) is 0 Å². The van der Waals surface area contributed by atoms with Crippen molar-refractivity contribution in [2.24, 2.45) is 0 Å². The Hall–Kier alpha value is -1.20. The van der Waals surface area contributed by atoms with Gasteiger partial charge < -0.3 is 15.2 Å². The molecule has 1 aromatic carbocycles. The van der Waals surface area contributed by atoms with E-state index < -0.39 is 0 Å². The van der Waals surface area contributed by atoms with Gasteiger partial charge in [0, 0.05) is 18.5 Å². The predicted octanol–water partition coefficient (Wildman–Crippen LogP) is 2.87. The highest BCUT2D eigenvalue weighted by Crippen LogP contribution is 2.38. The summed E-state index contributed by atoms with van der Waals surface area (Å²) in [6.45, 7) is 0.685. The van der Waals surface area contributed by atoms with Crippen LogP contribution in [0.5, 0.6) is 0 Å². The molecule has 0 aliphatic carbocycles. The minimum atomic E-state index is -0.262. The van der Waals surface area contributed by atoms with Crippen LogP contribution < -0.4 is 5.73 Å². The Kier molecular flexibility index (Phi) is 4.40. The fourth-order valence-corrected chi connectivity index (χ4v) is 4.25. The number of nitrogens with two attached hydrogens (primary N) is 1. The van der Waals surface area contributed by atoms with Crippen molar-refractivity contribution >= 4 is 23.4 Å². The number of ether oxygens (including phenoxy) is 2.